The van der Waals surface area contributed by atoms with Gasteiger partial charge in [-0.15, -0.1) is 10.2 Å². The number of carbonyl (C=O) groups excluding carboxylic acids is 3. The van der Waals surface area contributed by atoms with Crippen molar-refractivity contribution in [1.29, 1.82) is 0 Å². The van der Waals surface area contributed by atoms with E-state index in [9.17, 15) is 14.4 Å². The third kappa shape index (κ3) is 5.37. The number of aromatic nitrogens is 3. The number of methoxy groups -OCH3 is 1. The molecule has 0 saturated carbocycles. The van der Waals surface area contributed by atoms with E-state index >= 15 is 0 Å². The maximum atomic E-state index is 12.6. The smallest absolute Gasteiger partial charge is 0.259 e. The SMILES string of the molecule is COc1ccccc1NCc1nnc(SCCC(=O)Nc2ccc3c(c2)C(=O)NC3=O)n1-c1ccccc1. The molecule has 192 valence electrons. The van der Waals surface area contributed by atoms with Crippen molar-refractivity contribution in [2.24, 2.45) is 0 Å². The van der Waals surface area contributed by atoms with Crippen LogP contribution in [0.4, 0.5) is 11.4 Å². The lowest BCUT2D eigenvalue weighted by atomic mass is 10.1. The average Bonchev–Trinajstić information content (AvgIpc) is 3.47. The lowest BCUT2D eigenvalue weighted by Gasteiger charge is -2.13. The molecule has 38 heavy (non-hydrogen) atoms. The third-order valence-electron chi connectivity index (χ3n) is 5.84. The predicted octanol–water partition coefficient (Wildman–Crippen LogP) is 3.89. The zero-order valence-corrected chi connectivity index (χ0v) is 21.2. The molecule has 1 aliphatic heterocycles. The first kappa shape index (κ1) is 25.0. The van der Waals surface area contributed by atoms with Gasteiger partial charge in [0.25, 0.3) is 11.8 Å². The predicted molar refractivity (Wildman–Crippen MR) is 144 cm³/mol. The number of imide groups is 1. The molecule has 5 rings (SSSR count). The summed E-state index contributed by atoms with van der Waals surface area (Å²) in [5.41, 5.74) is 2.78. The Labute approximate surface area is 222 Å². The molecular formula is C27H24N6O4S. The standard InChI is InChI=1S/C27H24N6O4S/c1-37-22-10-6-5-9-21(22)28-16-23-31-32-27(33(23)18-7-3-2-4-8-18)38-14-13-24(34)29-17-11-12-19-20(15-17)26(36)30-25(19)35/h2-12,15,28H,13-14,16H2,1H3,(H,29,34)(H,30,35,36). The quantitative estimate of drug-likeness (QED) is 0.209. The molecule has 0 saturated heterocycles. The molecule has 1 aliphatic rings. The lowest BCUT2D eigenvalue weighted by molar-refractivity contribution is -0.115. The molecule has 0 aliphatic carbocycles. The zero-order chi connectivity index (χ0) is 26.5. The number of rotatable bonds is 10. The Bertz CT molecular complexity index is 1500. The van der Waals surface area contributed by atoms with Crippen molar-refractivity contribution in [3.63, 3.8) is 0 Å². The van der Waals surface area contributed by atoms with Crippen molar-refractivity contribution in [3.05, 3.63) is 89.7 Å². The number of amides is 3. The van der Waals surface area contributed by atoms with Gasteiger partial charge in [0.2, 0.25) is 5.91 Å². The fourth-order valence-electron chi connectivity index (χ4n) is 4.01. The Hall–Kier alpha value is -4.64. The number of ether oxygens (including phenoxy) is 1. The molecule has 0 radical (unpaired) electrons. The third-order valence-corrected chi connectivity index (χ3v) is 6.77. The highest BCUT2D eigenvalue weighted by molar-refractivity contribution is 7.99. The second-order valence-electron chi connectivity index (χ2n) is 8.31. The summed E-state index contributed by atoms with van der Waals surface area (Å²) < 4.78 is 7.38. The first-order valence-corrected chi connectivity index (χ1v) is 12.8. The van der Waals surface area contributed by atoms with Gasteiger partial charge in [-0.25, -0.2) is 0 Å². The van der Waals surface area contributed by atoms with Crippen molar-refractivity contribution in [2.75, 3.05) is 23.5 Å². The van der Waals surface area contributed by atoms with Crippen LogP contribution in [0.1, 0.15) is 33.0 Å². The van der Waals surface area contributed by atoms with E-state index in [0.717, 1.165) is 17.1 Å². The van der Waals surface area contributed by atoms with Gasteiger partial charge in [0.05, 0.1) is 30.5 Å². The molecule has 3 aromatic carbocycles. The van der Waals surface area contributed by atoms with Crippen molar-refractivity contribution in [2.45, 2.75) is 18.1 Å². The minimum absolute atomic E-state index is 0.212. The molecule has 0 spiro atoms. The van der Waals surface area contributed by atoms with E-state index in [1.165, 1.54) is 23.9 Å². The van der Waals surface area contributed by atoms with Gasteiger partial charge in [0.15, 0.2) is 11.0 Å². The van der Waals surface area contributed by atoms with Crippen LogP contribution < -0.4 is 20.7 Å². The Morgan fingerprint density at radius 2 is 1.74 bits per heavy atom. The first-order chi connectivity index (χ1) is 18.5. The van der Waals surface area contributed by atoms with Crippen LogP contribution in [0, 0.1) is 0 Å². The number of hydrogen-bond acceptors (Lipinski definition) is 8. The monoisotopic (exact) mass is 528 g/mol. The van der Waals surface area contributed by atoms with Crippen LogP contribution in [0.25, 0.3) is 5.69 Å². The summed E-state index contributed by atoms with van der Waals surface area (Å²) in [4.78, 5) is 36.2. The van der Waals surface area contributed by atoms with E-state index in [4.69, 9.17) is 4.74 Å². The molecule has 0 unspecified atom stereocenters. The highest BCUT2D eigenvalue weighted by Crippen LogP contribution is 2.26. The molecule has 3 amide bonds. The average molecular weight is 529 g/mol. The highest BCUT2D eigenvalue weighted by Gasteiger charge is 2.26. The molecule has 10 nitrogen and oxygen atoms in total. The molecule has 0 fully saturated rings. The van der Waals surface area contributed by atoms with Crippen LogP contribution in [0.5, 0.6) is 5.75 Å². The van der Waals surface area contributed by atoms with E-state index < -0.39 is 11.8 Å². The largest absolute Gasteiger partial charge is 0.495 e. The first-order valence-electron chi connectivity index (χ1n) is 11.8. The highest BCUT2D eigenvalue weighted by atomic mass is 32.2. The number of anilines is 2. The van der Waals surface area contributed by atoms with Gasteiger partial charge in [-0.1, -0.05) is 42.1 Å². The number of benzene rings is 3. The topological polar surface area (TPSA) is 127 Å². The molecule has 4 aromatic rings. The van der Waals surface area contributed by atoms with Gasteiger partial charge in [0, 0.05) is 23.5 Å². The Kier molecular flexibility index (Phi) is 7.36. The summed E-state index contributed by atoms with van der Waals surface area (Å²) in [5, 5.41) is 17.8. The van der Waals surface area contributed by atoms with Crippen molar-refractivity contribution < 1.29 is 19.1 Å². The zero-order valence-electron chi connectivity index (χ0n) is 20.4. The van der Waals surface area contributed by atoms with Gasteiger partial charge >= 0.3 is 0 Å². The number of nitrogens with zero attached hydrogens (tertiary/aromatic N) is 3. The van der Waals surface area contributed by atoms with E-state index in [1.807, 2.05) is 59.2 Å². The molecule has 3 N–H and O–H groups in total. The minimum Gasteiger partial charge on any atom is -0.495 e. The van der Waals surface area contributed by atoms with Gasteiger partial charge in [0.1, 0.15) is 5.75 Å². The van der Waals surface area contributed by atoms with Crippen molar-refractivity contribution >= 4 is 40.9 Å². The van der Waals surface area contributed by atoms with Gasteiger partial charge < -0.3 is 15.4 Å². The molecule has 11 heteroatoms. The number of nitrogens with one attached hydrogen (secondary N) is 3. The van der Waals surface area contributed by atoms with E-state index in [1.54, 1.807) is 13.2 Å². The normalized spacial score (nSPS) is 12.1. The van der Waals surface area contributed by atoms with Crippen molar-refractivity contribution in [1.82, 2.24) is 20.1 Å². The van der Waals surface area contributed by atoms with Crippen LogP contribution in [0.2, 0.25) is 0 Å². The van der Waals surface area contributed by atoms with Gasteiger partial charge in [-0.3, -0.25) is 24.3 Å². The lowest BCUT2D eigenvalue weighted by Crippen LogP contribution is -2.19. The molecule has 1 aromatic heterocycles. The summed E-state index contributed by atoms with van der Waals surface area (Å²) >= 11 is 1.42. The molecule has 2 heterocycles. The van der Waals surface area contributed by atoms with E-state index in [-0.39, 0.29) is 17.9 Å². The summed E-state index contributed by atoms with van der Waals surface area (Å²) in [7, 11) is 1.62. The molecule has 0 atom stereocenters. The van der Waals surface area contributed by atoms with Gasteiger partial charge in [-0.2, -0.15) is 0 Å². The van der Waals surface area contributed by atoms with Crippen LogP contribution in [0.15, 0.2) is 78.0 Å². The maximum absolute atomic E-state index is 12.6. The number of hydrogen-bond donors (Lipinski definition) is 3. The molecule has 0 bridgehead atoms. The Morgan fingerprint density at radius 3 is 2.55 bits per heavy atom. The number of carbonyl (C=O) groups is 3. The second kappa shape index (κ2) is 11.2. The number of para-hydroxylation sites is 3. The van der Waals surface area contributed by atoms with Crippen LogP contribution in [-0.2, 0) is 11.3 Å². The summed E-state index contributed by atoms with van der Waals surface area (Å²) in [6, 6.07) is 22.1. The van der Waals surface area contributed by atoms with Crippen molar-refractivity contribution in [3.8, 4) is 11.4 Å². The summed E-state index contributed by atoms with van der Waals surface area (Å²) in [6.07, 6.45) is 0.212. The van der Waals surface area contributed by atoms with Crippen LogP contribution >= 0.6 is 11.8 Å². The van der Waals surface area contributed by atoms with E-state index in [0.29, 0.717) is 34.5 Å². The minimum atomic E-state index is -0.465. The Morgan fingerprint density at radius 1 is 0.974 bits per heavy atom. The fraction of sp³-hybridized carbons (Fsp3) is 0.148. The fourth-order valence-corrected chi connectivity index (χ4v) is 4.92. The summed E-state index contributed by atoms with van der Waals surface area (Å²) in [5.74, 6) is 0.786. The number of thioether (sulfide) groups is 1. The maximum Gasteiger partial charge on any atom is 0.259 e. The van der Waals surface area contributed by atoms with E-state index in [2.05, 4.69) is 26.1 Å². The summed E-state index contributed by atoms with van der Waals surface area (Å²) in [6.45, 7) is 0.414. The van der Waals surface area contributed by atoms with Crippen LogP contribution in [-0.4, -0.2) is 45.3 Å². The molecular weight excluding hydrogens is 504 g/mol. The second-order valence-corrected chi connectivity index (χ2v) is 9.38. The number of fused-ring (bicyclic) bond motifs is 1. The van der Waals surface area contributed by atoms with Crippen LogP contribution in [0.3, 0.4) is 0 Å². The Balaban J connectivity index is 1.25. The van der Waals surface area contributed by atoms with Gasteiger partial charge in [-0.05, 0) is 42.5 Å².